The van der Waals surface area contributed by atoms with Crippen molar-refractivity contribution in [1.29, 1.82) is 0 Å². The largest absolute Gasteiger partial charge is 0.383 e. The van der Waals surface area contributed by atoms with E-state index in [9.17, 15) is 27.9 Å². The standard InChI is InChI=1S/C20H18F3I2N3O3/c1-9(26-10(2)29)20(31)8-28(19(20)25)18(30)12-4-5-13(21)16(23)17(12)27-15-6-3-11(24)7-14(15)22/h3-7,9,19,27,31H,8H2,1-2H3,(H,26,29). The second-order valence-electron chi connectivity index (χ2n) is 7.22. The lowest BCUT2D eigenvalue weighted by molar-refractivity contribution is -0.130. The lowest BCUT2D eigenvalue weighted by atomic mass is 9.86. The maximum Gasteiger partial charge on any atom is 0.257 e. The number of likely N-dealkylation sites (tertiary alicyclic amines) is 1. The highest BCUT2D eigenvalue weighted by Gasteiger charge is 2.56. The molecule has 6 nitrogen and oxygen atoms in total. The van der Waals surface area contributed by atoms with Crippen molar-refractivity contribution < 1.29 is 27.9 Å². The van der Waals surface area contributed by atoms with Crippen LogP contribution >= 0.6 is 45.2 Å². The third-order valence-corrected chi connectivity index (χ3v) is 7.48. The molecular formula is C20H18F3I2N3O3. The van der Waals surface area contributed by atoms with Crippen LogP contribution in [0.3, 0.4) is 0 Å². The first kappa shape index (κ1) is 24.0. The molecule has 1 fully saturated rings. The molecule has 0 saturated carbocycles. The molecule has 2 aromatic carbocycles. The molecule has 0 aromatic heterocycles. The van der Waals surface area contributed by atoms with Crippen molar-refractivity contribution in [3.8, 4) is 0 Å². The summed E-state index contributed by atoms with van der Waals surface area (Å²) >= 11 is 3.76. The number of carbonyl (C=O) groups is 2. The van der Waals surface area contributed by atoms with Crippen LogP contribution in [0.5, 0.6) is 0 Å². The van der Waals surface area contributed by atoms with Gasteiger partial charge in [-0.05, 0) is 59.8 Å². The maximum absolute atomic E-state index is 14.6. The first-order chi connectivity index (χ1) is 14.5. The summed E-state index contributed by atoms with van der Waals surface area (Å²) < 4.78 is 42.6. The summed E-state index contributed by atoms with van der Waals surface area (Å²) in [5.41, 5.74) is -2.23. The van der Waals surface area contributed by atoms with Gasteiger partial charge >= 0.3 is 0 Å². The number of nitrogens with one attached hydrogen (secondary N) is 2. The second-order valence-corrected chi connectivity index (χ2v) is 9.64. The van der Waals surface area contributed by atoms with E-state index in [0.717, 1.165) is 12.1 Å². The van der Waals surface area contributed by atoms with Crippen LogP contribution in [0.1, 0.15) is 24.2 Å². The Labute approximate surface area is 203 Å². The van der Waals surface area contributed by atoms with Crippen LogP contribution in [0, 0.1) is 21.0 Å². The molecule has 3 unspecified atom stereocenters. The van der Waals surface area contributed by atoms with Gasteiger partial charge in [-0.1, -0.05) is 22.6 Å². The molecule has 2 aromatic rings. The maximum atomic E-state index is 14.6. The smallest absolute Gasteiger partial charge is 0.257 e. The zero-order chi connectivity index (χ0) is 23.1. The Morgan fingerprint density at radius 3 is 2.48 bits per heavy atom. The third-order valence-electron chi connectivity index (χ3n) is 5.06. The van der Waals surface area contributed by atoms with E-state index in [1.54, 1.807) is 13.0 Å². The van der Waals surface area contributed by atoms with Crippen molar-refractivity contribution in [2.24, 2.45) is 0 Å². The number of hydrogen-bond donors (Lipinski definition) is 3. The third kappa shape index (κ3) is 4.62. The Morgan fingerprint density at radius 1 is 1.23 bits per heavy atom. The van der Waals surface area contributed by atoms with E-state index in [2.05, 4.69) is 10.6 Å². The van der Waals surface area contributed by atoms with E-state index in [1.165, 1.54) is 24.0 Å². The zero-order valence-electron chi connectivity index (χ0n) is 16.3. The minimum atomic E-state index is -1.39. The van der Waals surface area contributed by atoms with Gasteiger partial charge in [0.25, 0.3) is 5.91 Å². The van der Waals surface area contributed by atoms with Crippen molar-refractivity contribution >= 4 is 68.4 Å². The van der Waals surface area contributed by atoms with Gasteiger partial charge in [-0.2, -0.15) is 0 Å². The number of β-amino-alcohol motifs (C(OH)–C–C–N with tert-alkyl or cyclic N) is 1. The van der Waals surface area contributed by atoms with Crippen molar-refractivity contribution in [1.82, 2.24) is 10.2 Å². The van der Waals surface area contributed by atoms with Gasteiger partial charge in [-0.15, -0.1) is 0 Å². The number of benzene rings is 2. The van der Waals surface area contributed by atoms with Crippen LogP contribution in [0.25, 0.3) is 0 Å². The molecule has 3 atom stereocenters. The number of carbonyl (C=O) groups excluding carboxylic acids is 2. The number of anilines is 2. The van der Waals surface area contributed by atoms with Gasteiger partial charge in [-0.3, -0.25) is 9.59 Å². The quantitative estimate of drug-likeness (QED) is 0.259. The van der Waals surface area contributed by atoms with Gasteiger partial charge in [0.1, 0.15) is 15.5 Å². The van der Waals surface area contributed by atoms with Crippen LogP contribution in [-0.2, 0) is 4.79 Å². The van der Waals surface area contributed by atoms with E-state index in [1.807, 2.05) is 45.2 Å². The van der Waals surface area contributed by atoms with Crippen molar-refractivity contribution in [3.63, 3.8) is 0 Å². The van der Waals surface area contributed by atoms with Gasteiger partial charge in [0.05, 0.1) is 29.5 Å². The fourth-order valence-electron chi connectivity index (χ4n) is 3.26. The topological polar surface area (TPSA) is 81.7 Å². The highest BCUT2D eigenvalue weighted by Crippen LogP contribution is 2.39. The van der Waals surface area contributed by atoms with Crippen LogP contribution in [0.4, 0.5) is 24.5 Å². The molecule has 1 aliphatic heterocycles. The molecule has 1 heterocycles. The van der Waals surface area contributed by atoms with Gasteiger partial charge < -0.3 is 20.6 Å². The SMILES string of the molecule is CC(=O)NC(C)C1(O)CN(C(=O)c2ccc(F)c(F)c2Nc2ccc(I)cc2F)C1I. The van der Waals surface area contributed by atoms with Crippen LogP contribution in [0.15, 0.2) is 30.3 Å². The van der Waals surface area contributed by atoms with E-state index < -0.39 is 44.7 Å². The van der Waals surface area contributed by atoms with Gasteiger partial charge in [0.15, 0.2) is 11.6 Å². The summed E-state index contributed by atoms with van der Waals surface area (Å²) in [7, 11) is 0. The van der Waals surface area contributed by atoms with Crippen LogP contribution < -0.4 is 10.6 Å². The predicted octanol–water partition coefficient (Wildman–Crippen LogP) is 3.92. The minimum Gasteiger partial charge on any atom is -0.383 e. The number of halogens is 5. The van der Waals surface area contributed by atoms with E-state index in [0.29, 0.717) is 3.57 Å². The van der Waals surface area contributed by atoms with Gasteiger partial charge in [0, 0.05) is 10.5 Å². The van der Waals surface area contributed by atoms with Crippen molar-refractivity contribution in [3.05, 3.63) is 56.9 Å². The predicted molar refractivity (Wildman–Crippen MR) is 126 cm³/mol. The number of hydrogen-bond acceptors (Lipinski definition) is 4. The Balaban J connectivity index is 1.90. The molecule has 31 heavy (non-hydrogen) atoms. The molecule has 11 heteroatoms. The average molecular weight is 659 g/mol. The summed E-state index contributed by atoms with van der Waals surface area (Å²) in [6.07, 6.45) is 0. The van der Waals surface area contributed by atoms with Crippen LogP contribution in [0.2, 0.25) is 0 Å². The Hall–Kier alpha value is -1.61. The number of amides is 2. The number of aliphatic hydroxyl groups is 1. The summed E-state index contributed by atoms with van der Waals surface area (Å²) in [5, 5.41) is 15.9. The second kappa shape index (κ2) is 9.10. The number of rotatable bonds is 5. The molecular weight excluding hydrogens is 641 g/mol. The monoisotopic (exact) mass is 659 g/mol. The zero-order valence-corrected chi connectivity index (χ0v) is 20.7. The molecule has 3 N–H and O–H groups in total. The fourth-order valence-corrected chi connectivity index (χ4v) is 4.90. The Morgan fingerprint density at radius 2 is 1.90 bits per heavy atom. The van der Waals surface area contributed by atoms with Gasteiger partial charge in [0.2, 0.25) is 5.91 Å². The normalized spacial score (nSPS) is 21.3. The van der Waals surface area contributed by atoms with Crippen molar-refractivity contribution in [2.75, 3.05) is 11.9 Å². The molecule has 0 spiro atoms. The van der Waals surface area contributed by atoms with E-state index in [4.69, 9.17) is 0 Å². The highest BCUT2D eigenvalue weighted by molar-refractivity contribution is 14.1. The summed E-state index contributed by atoms with van der Waals surface area (Å²) in [6, 6.07) is 5.41. The molecule has 0 bridgehead atoms. The summed E-state index contributed by atoms with van der Waals surface area (Å²) in [4.78, 5) is 25.6. The molecule has 0 aliphatic carbocycles. The van der Waals surface area contributed by atoms with E-state index >= 15 is 0 Å². The molecule has 0 radical (unpaired) electrons. The van der Waals surface area contributed by atoms with E-state index in [-0.39, 0.29) is 23.7 Å². The fraction of sp³-hybridized carbons (Fsp3) is 0.300. The Kier molecular flexibility index (Phi) is 7.05. The highest BCUT2D eigenvalue weighted by atomic mass is 127. The number of nitrogens with zero attached hydrogens (tertiary/aromatic N) is 1. The number of alkyl halides is 1. The average Bonchev–Trinajstić information content (AvgIpc) is 2.69. The first-order valence-electron chi connectivity index (χ1n) is 9.10. The van der Waals surface area contributed by atoms with Crippen molar-refractivity contribution in [2.45, 2.75) is 29.5 Å². The minimum absolute atomic E-state index is 0.121. The lowest BCUT2D eigenvalue weighted by Crippen LogP contribution is -2.75. The van der Waals surface area contributed by atoms with Gasteiger partial charge in [-0.25, -0.2) is 13.2 Å². The lowest BCUT2D eigenvalue weighted by Gasteiger charge is -2.54. The molecule has 166 valence electrons. The molecule has 2 amide bonds. The summed E-state index contributed by atoms with van der Waals surface area (Å²) in [6.45, 7) is 2.79. The molecule has 1 saturated heterocycles. The molecule has 3 rings (SSSR count). The Bertz CT molecular complexity index is 1060. The first-order valence-corrected chi connectivity index (χ1v) is 11.4. The summed E-state index contributed by atoms with van der Waals surface area (Å²) in [5.74, 6) is -4.22. The molecule has 1 aliphatic rings. The van der Waals surface area contributed by atoms with Crippen LogP contribution in [-0.4, -0.2) is 44.1 Å².